The minimum Gasteiger partial charge on any atom is -0.490 e. The largest absolute Gasteiger partial charge is 0.490 e. The summed E-state index contributed by atoms with van der Waals surface area (Å²) in [5.74, 6) is 0.729. The number of pyridine rings is 1. The molecule has 1 aromatic carbocycles. The second kappa shape index (κ2) is 10.1. The maximum atomic E-state index is 12.6. The van der Waals surface area contributed by atoms with E-state index in [1.807, 2.05) is 43.3 Å². The predicted octanol–water partition coefficient (Wildman–Crippen LogP) is 4.15. The molecule has 1 amide bonds. The highest BCUT2D eigenvalue weighted by molar-refractivity contribution is 5.94. The number of carbonyl (C=O) groups is 1. The molecule has 0 spiro atoms. The summed E-state index contributed by atoms with van der Waals surface area (Å²) in [6.45, 7) is 4.87. The van der Waals surface area contributed by atoms with Gasteiger partial charge in [0.15, 0.2) is 0 Å². The molecule has 1 saturated carbocycles. The number of hydrogen-bond acceptors (Lipinski definition) is 4. The molecule has 1 aliphatic carbocycles. The van der Waals surface area contributed by atoms with Gasteiger partial charge in [0.05, 0.1) is 0 Å². The molecule has 30 heavy (non-hydrogen) atoms. The zero-order valence-corrected chi connectivity index (χ0v) is 18.0. The maximum Gasteiger partial charge on any atom is 0.251 e. The van der Waals surface area contributed by atoms with Gasteiger partial charge in [0.2, 0.25) is 0 Å². The third-order valence-electron chi connectivity index (χ3n) is 6.48. The van der Waals surface area contributed by atoms with Crippen molar-refractivity contribution >= 4 is 5.91 Å². The molecule has 5 nitrogen and oxygen atoms in total. The van der Waals surface area contributed by atoms with E-state index in [0.29, 0.717) is 12.1 Å². The Labute approximate surface area is 179 Å². The summed E-state index contributed by atoms with van der Waals surface area (Å²) in [5, 5.41) is 3.00. The highest BCUT2D eigenvalue weighted by Gasteiger charge is 2.27. The van der Waals surface area contributed by atoms with Gasteiger partial charge < -0.3 is 15.0 Å². The first kappa shape index (κ1) is 20.9. The van der Waals surface area contributed by atoms with Crippen LogP contribution in [0.4, 0.5) is 0 Å². The van der Waals surface area contributed by atoms with E-state index in [4.69, 9.17) is 4.74 Å². The van der Waals surface area contributed by atoms with Crippen molar-refractivity contribution in [1.82, 2.24) is 15.2 Å². The average molecular weight is 408 g/mol. The number of piperidine rings is 1. The number of nitrogens with one attached hydrogen (secondary N) is 1. The number of rotatable bonds is 7. The van der Waals surface area contributed by atoms with Crippen LogP contribution in [0.25, 0.3) is 0 Å². The molecule has 4 rings (SSSR count). The van der Waals surface area contributed by atoms with Gasteiger partial charge >= 0.3 is 0 Å². The number of aromatic nitrogens is 1. The molecule has 0 atom stereocenters. The number of aryl methyl sites for hydroxylation is 1. The number of hydrogen-bond donors (Lipinski definition) is 1. The molecule has 1 aromatic heterocycles. The van der Waals surface area contributed by atoms with Gasteiger partial charge in [-0.25, -0.2) is 0 Å². The fraction of sp³-hybridized carbons (Fsp3) is 0.520. The molecule has 160 valence electrons. The van der Waals surface area contributed by atoms with Crippen LogP contribution in [-0.4, -0.2) is 47.6 Å². The summed E-state index contributed by atoms with van der Waals surface area (Å²) in [6, 6.07) is 12.3. The molecule has 1 aliphatic heterocycles. The van der Waals surface area contributed by atoms with Crippen LogP contribution < -0.4 is 10.1 Å². The molecule has 1 N–H and O–H groups in total. The normalized spacial score (nSPS) is 18.4. The van der Waals surface area contributed by atoms with Crippen LogP contribution >= 0.6 is 0 Å². The third kappa shape index (κ3) is 5.39. The van der Waals surface area contributed by atoms with Gasteiger partial charge in [-0.15, -0.1) is 0 Å². The number of likely N-dealkylation sites (tertiary alicyclic amines) is 1. The number of ether oxygens (including phenoxy) is 1. The van der Waals surface area contributed by atoms with Crippen LogP contribution in [0.3, 0.4) is 0 Å². The lowest BCUT2D eigenvalue weighted by Gasteiger charge is -2.36. The zero-order valence-electron chi connectivity index (χ0n) is 18.0. The zero-order chi connectivity index (χ0) is 20.8. The van der Waals surface area contributed by atoms with E-state index in [-0.39, 0.29) is 12.0 Å². The van der Waals surface area contributed by atoms with Gasteiger partial charge in [-0.2, -0.15) is 0 Å². The highest BCUT2D eigenvalue weighted by Crippen LogP contribution is 2.27. The Bertz CT molecular complexity index is 840. The highest BCUT2D eigenvalue weighted by atomic mass is 16.5. The summed E-state index contributed by atoms with van der Waals surface area (Å²) in [4.78, 5) is 19.6. The van der Waals surface area contributed by atoms with Crippen LogP contribution in [0, 0.1) is 6.92 Å². The summed E-state index contributed by atoms with van der Waals surface area (Å²) < 4.78 is 6.23. The van der Waals surface area contributed by atoms with Crippen LogP contribution in [0.15, 0.2) is 42.6 Å². The van der Waals surface area contributed by atoms with Crippen molar-refractivity contribution < 1.29 is 9.53 Å². The van der Waals surface area contributed by atoms with E-state index in [9.17, 15) is 4.79 Å². The van der Waals surface area contributed by atoms with Gasteiger partial charge in [-0.3, -0.25) is 9.78 Å². The van der Waals surface area contributed by atoms with E-state index < -0.39 is 0 Å². The fourth-order valence-corrected chi connectivity index (χ4v) is 4.71. The van der Waals surface area contributed by atoms with Crippen molar-refractivity contribution in [2.45, 2.75) is 64.0 Å². The number of nitrogens with zero attached hydrogens (tertiary/aromatic N) is 2. The van der Waals surface area contributed by atoms with Gasteiger partial charge in [0.1, 0.15) is 11.9 Å². The molecule has 2 heterocycles. The Morgan fingerprint density at radius 2 is 1.93 bits per heavy atom. The molecule has 5 heteroatoms. The molecule has 2 aromatic rings. The van der Waals surface area contributed by atoms with Crippen LogP contribution in [0.2, 0.25) is 0 Å². The van der Waals surface area contributed by atoms with Crippen molar-refractivity contribution in [2.24, 2.45) is 0 Å². The van der Waals surface area contributed by atoms with Gasteiger partial charge in [0.25, 0.3) is 5.91 Å². The Kier molecular flexibility index (Phi) is 7.00. The minimum absolute atomic E-state index is 0.0647. The van der Waals surface area contributed by atoms with Crippen molar-refractivity contribution in [2.75, 3.05) is 19.6 Å². The van der Waals surface area contributed by atoms with Gasteiger partial charge in [-0.05, 0) is 62.4 Å². The molecule has 0 bridgehead atoms. The van der Waals surface area contributed by atoms with Crippen molar-refractivity contribution in [3.8, 4) is 5.75 Å². The molecule has 1 saturated heterocycles. The summed E-state index contributed by atoms with van der Waals surface area (Å²) in [6.07, 6.45) is 10.4. The second-order valence-electron chi connectivity index (χ2n) is 8.59. The Morgan fingerprint density at radius 1 is 1.13 bits per heavy atom. The third-order valence-corrected chi connectivity index (χ3v) is 6.48. The average Bonchev–Trinajstić information content (AvgIpc) is 3.31. The number of benzene rings is 1. The topological polar surface area (TPSA) is 54.5 Å². The first-order valence-electron chi connectivity index (χ1n) is 11.4. The van der Waals surface area contributed by atoms with Crippen LogP contribution in [0.1, 0.15) is 60.1 Å². The van der Waals surface area contributed by atoms with E-state index in [1.165, 1.54) is 25.7 Å². The standard InChI is InChI=1S/C25H33N3O2/c1-19-6-5-14-26-24(19)11-15-27-25(29)20-7-4-10-23(18-20)30-22-12-16-28(17-13-22)21-8-2-3-9-21/h4-7,10,14,18,21-22H,2-3,8-9,11-13,15-17H2,1H3,(H,27,29). The Balaban J connectivity index is 1.25. The minimum atomic E-state index is -0.0647. The smallest absolute Gasteiger partial charge is 0.251 e. The lowest BCUT2D eigenvalue weighted by atomic mass is 10.0. The monoisotopic (exact) mass is 407 g/mol. The SMILES string of the molecule is Cc1cccnc1CCNC(=O)c1cccc(OC2CCN(C3CCCC3)CC2)c1. The first-order chi connectivity index (χ1) is 14.7. The van der Waals surface area contributed by atoms with Crippen molar-refractivity contribution in [1.29, 1.82) is 0 Å². The number of carbonyl (C=O) groups excluding carboxylic acids is 1. The lowest BCUT2D eigenvalue weighted by molar-refractivity contribution is 0.0766. The number of amides is 1. The molecule has 2 fully saturated rings. The lowest BCUT2D eigenvalue weighted by Crippen LogP contribution is -2.43. The maximum absolute atomic E-state index is 12.6. The second-order valence-corrected chi connectivity index (χ2v) is 8.59. The van der Waals surface area contributed by atoms with Crippen molar-refractivity contribution in [3.63, 3.8) is 0 Å². The molecular formula is C25H33N3O2. The predicted molar refractivity (Wildman–Crippen MR) is 119 cm³/mol. The summed E-state index contributed by atoms with van der Waals surface area (Å²) in [7, 11) is 0. The molecular weight excluding hydrogens is 374 g/mol. The quantitative estimate of drug-likeness (QED) is 0.749. The van der Waals surface area contributed by atoms with Crippen LogP contribution in [0.5, 0.6) is 5.75 Å². The summed E-state index contributed by atoms with van der Waals surface area (Å²) in [5.41, 5.74) is 2.83. The van der Waals surface area contributed by atoms with Crippen LogP contribution in [-0.2, 0) is 6.42 Å². The first-order valence-corrected chi connectivity index (χ1v) is 11.4. The van der Waals surface area contributed by atoms with Gasteiger partial charge in [-0.1, -0.05) is 25.0 Å². The van der Waals surface area contributed by atoms with E-state index >= 15 is 0 Å². The van der Waals surface area contributed by atoms with Gasteiger partial charge in [0, 0.05) is 49.6 Å². The molecule has 0 radical (unpaired) electrons. The van der Waals surface area contributed by atoms with Crippen molar-refractivity contribution in [3.05, 3.63) is 59.4 Å². The fourth-order valence-electron chi connectivity index (χ4n) is 4.71. The Hall–Kier alpha value is -2.40. The van der Waals surface area contributed by atoms with E-state index in [1.54, 1.807) is 6.20 Å². The van der Waals surface area contributed by atoms with E-state index in [2.05, 4.69) is 15.2 Å². The summed E-state index contributed by atoms with van der Waals surface area (Å²) >= 11 is 0. The molecule has 0 unspecified atom stereocenters. The molecule has 2 aliphatic rings. The Morgan fingerprint density at radius 3 is 2.70 bits per heavy atom. The van der Waals surface area contributed by atoms with E-state index in [0.717, 1.165) is 55.4 Å².